The number of ether oxygens (including phenoxy) is 1. The van der Waals surface area contributed by atoms with E-state index in [9.17, 15) is 22.8 Å². The first-order valence-electron chi connectivity index (χ1n) is 8.30. The maximum absolute atomic E-state index is 13.8. The summed E-state index contributed by atoms with van der Waals surface area (Å²) in [5.74, 6) is -4.38. The fourth-order valence-electron chi connectivity index (χ4n) is 3.16. The second-order valence-electron chi connectivity index (χ2n) is 6.20. The Morgan fingerprint density at radius 1 is 1.07 bits per heavy atom. The van der Waals surface area contributed by atoms with Crippen LogP contribution in [0.25, 0.3) is 16.7 Å². The predicted octanol–water partition coefficient (Wildman–Crippen LogP) is 4.75. The summed E-state index contributed by atoms with van der Waals surface area (Å²) in [7, 11) is 0. The molecule has 29 heavy (non-hydrogen) atoms. The molecule has 2 heterocycles. The lowest BCUT2D eigenvalue weighted by atomic mass is 9.82. The van der Waals surface area contributed by atoms with Gasteiger partial charge in [-0.2, -0.15) is 18.4 Å². The first kappa shape index (κ1) is 18.6. The Kier molecular flexibility index (Phi) is 4.27. The van der Waals surface area contributed by atoms with Crippen molar-refractivity contribution < 1.29 is 26.7 Å². The molecule has 146 valence electrons. The van der Waals surface area contributed by atoms with E-state index in [0.717, 1.165) is 12.1 Å². The first-order chi connectivity index (χ1) is 13.8. The third kappa shape index (κ3) is 3.18. The van der Waals surface area contributed by atoms with Crippen molar-refractivity contribution >= 4 is 16.7 Å². The fraction of sp³-hybridized carbons (Fsp3) is 0.100. The Labute approximate surface area is 161 Å². The van der Waals surface area contributed by atoms with Crippen LogP contribution in [0.1, 0.15) is 17.4 Å². The molecule has 0 bridgehead atoms. The maximum Gasteiger partial charge on any atom is 0.450 e. The average molecular weight is 401 g/mol. The molecule has 1 atom stereocenters. The molecule has 1 aliphatic rings. The molecule has 3 aromatic rings. The second-order valence-corrected chi connectivity index (χ2v) is 6.20. The molecule has 1 unspecified atom stereocenters. The van der Waals surface area contributed by atoms with E-state index in [1.807, 2.05) is 0 Å². The van der Waals surface area contributed by atoms with Gasteiger partial charge in [0.05, 0.1) is 11.5 Å². The van der Waals surface area contributed by atoms with Gasteiger partial charge in [-0.1, -0.05) is 24.3 Å². The number of fused-ring (bicyclic) bond motifs is 1. The lowest BCUT2D eigenvalue weighted by Gasteiger charge is -2.28. The minimum atomic E-state index is -4.94. The molecular formula is C20H11F4N3O2. The van der Waals surface area contributed by atoms with Crippen molar-refractivity contribution in [1.29, 1.82) is 5.26 Å². The number of oxazole rings is 1. The van der Waals surface area contributed by atoms with Gasteiger partial charge in [0.2, 0.25) is 17.5 Å². The highest BCUT2D eigenvalue weighted by atomic mass is 19.4. The highest BCUT2D eigenvalue weighted by Crippen LogP contribution is 2.48. The number of nitrogens with two attached hydrogens (primary N) is 1. The van der Waals surface area contributed by atoms with Crippen molar-refractivity contribution in [1.82, 2.24) is 4.98 Å². The van der Waals surface area contributed by atoms with Crippen molar-refractivity contribution in [3.63, 3.8) is 0 Å². The van der Waals surface area contributed by atoms with Crippen molar-refractivity contribution in [2.24, 2.45) is 5.73 Å². The van der Waals surface area contributed by atoms with Crippen LogP contribution in [0.5, 0.6) is 0 Å². The number of allylic oxidation sites excluding steroid dienone is 3. The van der Waals surface area contributed by atoms with Crippen LogP contribution in [-0.4, -0.2) is 11.2 Å². The van der Waals surface area contributed by atoms with Crippen molar-refractivity contribution in [2.75, 3.05) is 0 Å². The summed E-state index contributed by atoms with van der Waals surface area (Å²) < 4.78 is 65.2. The van der Waals surface area contributed by atoms with Crippen molar-refractivity contribution in [3.8, 4) is 6.07 Å². The number of para-hydroxylation sites is 2. The van der Waals surface area contributed by atoms with Crippen LogP contribution in [0.3, 0.4) is 0 Å². The molecule has 0 amide bonds. The SMILES string of the molecule is N#CC1=C(N)OC(C(F)(F)F)=C(c2nc3ccccc3o2)C1c1ccc(F)cc1. The van der Waals surface area contributed by atoms with Crippen LogP contribution in [0, 0.1) is 17.1 Å². The van der Waals surface area contributed by atoms with Crippen LogP contribution in [0.4, 0.5) is 17.6 Å². The molecule has 2 N–H and O–H groups in total. The molecule has 1 aromatic heterocycles. The lowest BCUT2D eigenvalue weighted by Crippen LogP contribution is -2.27. The first-order valence-corrected chi connectivity index (χ1v) is 8.30. The summed E-state index contributed by atoms with van der Waals surface area (Å²) in [6.07, 6.45) is -4.94. The lowest BCUT2D eigenvalue weighted by molar-refractivity contribution is -0.124. The number of nitrogens with zero attached hydrogens (tertiary/aromatic N) is 2. The zero-order valence-electron chi connectivity index (χ0n) is 14.5. The molecule has 1 aliphatic heterocycles. The highest BCUT2D eigenvalue weighted by Gasteiger charge is 2.47. The monoisotopic (exact) mass is 401 g/mol. The van der Waals surface area contributed by atoms with Gasteiger partial charge in [-0.25, -0.2) is 9.37 Å². The largest absolute Gasteiger partial charge is 0.450 e. The van der Waals surface area contributed by atoms with E-state index in [2.05, 4.69) is 4.98 Å². The Morgan fingerprint density at radius 3 is 2.38 bits per heavy atom. The normalized spacial score (nSPS) is 17.4. The molecule has 0 radical (unpaired) electrons. The van der Waals surface area contributed by atoms with E-state index < -0.39 is 35.1 Å². The molecule has 0 saturated carbocycles. The van der Waals surface area contributed by atoms with Crippen LogP contribution < -0.4 is 5.73 Å². The molecule has 5 nitrogen and oxygen atoms in total. The zero-order valence-corrected chi connectivity index (χ0v) is 14.5. The average Bonchev–Trinajstić information content (AvgIpc) is 3.11. The van der Waals surface area contributed by atoms with Gasteiger partial charge in [0.25, 0.3) is 0 Å². The Morgan fingerprint density at radius 2 is 1.76 bits per heavy atom. The summed E-state index contributed by atoms with van der Waals surface area (Å²) >= 11 is 0. The molecule has 0 fully saturated rings. The Bertz CT molecular complexity index is 1170. The molecule has 4 rings (SSSR count). The Balaban J connectivity index is 2.03. The van der Waals surface area contributed by atoms with E-state index in [4.69, 9.17) is 14.9 Å². The molecule has 0 aliphatic carbocycles. The smallest absolute Gasteiger partial charge is 0.436 e. The fourth-order valence-corrected chi connectivity index (χ4v) is 3.16. The topological polar surface area (TPSA) is 85.1 Å². The molecular weight excluding hydrogens is 390 g/mol. The number of hydrogen-bond acceptors (Lipinski definition) is 5. The van der Waals surface area contributed by atoms with Crippen molar-refractivity contribution in [3.05, 3.63) is 83.0 Å². The van der Waals surface area contributed by atoms with Crippen molar-refractivity contribution in [2.45, 2.75) is 12.1 Å². The molecule has 0 spiro atoms. The number of rotatable bonds is 2. The number of halogens is 4. The van der Waals surface area contributed by atoms with Gasteiger partial charge in [0, 0.05) is 0 Å². The number of nitriles is 1. The number of alkyl halides is 3. The van der Waals surface area contributed by atoms with Crippen LogP contribution in [0.15, 0.2) is 70.2 Å². The quantitative estimate of drug-likeness (QED) is 0.627. The number of hydrogen-bond donors (Lipinski definition) is 1. The number of benzene rings is 2. The summed E-state index contributed by atoms with van der Waals surface area (Å²) in [5, 5.41) is 9.54. The molecule has 9 heteroatoms. The van der Waals surface area contributed by atoms with Crippen LogP contribution in [0.2, 0.25) is 0 Å². The third-order valence-electron chi connectivity index (χ3n) is 4.40. The number of aromatic nitrogens is 1. The summed E-state index contributed by atoms with van der Waals surface area (Å²) in [4.78, 5) is 4.14. The Hall–Kier alpha value is -3.80. The van der Waals surface area contributed by atoms with E-state index in [1.54, 1.807) is 30.3 Å². The van der Waals surface area contributed by atoms with Gasteiger partial charge in [0.15, 0.2) is 5.58 Å². The highest BCUT2D eigenvalue weighted by molar-refractivity contribution is 5.81. The maximum atomic E-state index is 13.8. The summed E-state index contributed by atoms with van der Waals surface area (Å²) in [6.45, 7) is 0. The van der Waals surface area contributed by atoms with E-state index in [-0.39, 0.29) is 22.6 Å². The van der Waals surface area contributed by atoms with E-state index in [1.165, 1.54) is 12.1 Å². The molecule has 2 aromatic carbocycles. The second kappa shape index (κ2) is 6.67. The zero-order chi connectivity index (χ0) is 20.8. The van der Waals surface area contributed by atoms with Crippen LogP contribution >= 0.6 is 0 Å². The van der Waals surface area contributed by atoms with Gasteiger partial charge in [-0.15, -0.1) is 0 Å². The van der Waals surface area contributed by atoms with Gasteiger partial charge in [0.1, 0.15) is 23.0 Å². The van der Waals surface area contributed by atoms with Crippen LogP contribution in [-0.2, 0) is 4.74 Å². The molecule has 0 saturated heterocycles. The van der Waals surface area contributed by atoms with Gasteiger partial charge >= 0.3 is 6.18 Å². The van der Waals surface area contributed by atoms with Gasteiger partial charge in [-0.05, 0) is 29.8 Å². The minimum absolute atomic E-state index is 0.202. The van der Waals surface area contributed by atoms with Gasteiger partial charge in [-0.3, -0.25) is 0 Å². The third-order valence-corrected chi connectivity index (χ3v) is 4.40. The minimum Gasteiger partial charge on any atom is -0.436 e. The summed E-state index contributed by atoms with van der Waals surface area (Å²) in [5.41, 5.74) is 5.65. The van der Waals surface area contributed by atoms with E-state index in [0.29, 0.717) is 5.52 Å². The van der Waals surface area contributed by atoms with E-state index >= 15 is 0 Å². The standard InChI is InChI=1S/C20H11F4N3O2/c21-11-7-5-10(6-8-11)15-12(9-25)18(26)29-17(20(22,23)24)16(15)19-27-13-3-1-2-4-14(13)28-19/h1-8,15H,26H2. The predicted molar refractivity (Wildman–Crippen MR) is 94.0 cm³/mol. The van der Waals surface area contributed by atoms with Gasteiger partial charge < -0.3 is 14.9 Å². The summed E-state index contributed by atoms with van der Waals surface area (Å²) in [6, 6.07) is 12.9.